The largest absolute Gasteiger partial charge is 0.309 e. The van der Waals surface area contributed by atoms with Gasteiger partial charge in [0, 0.05) is 32.8 Å². The molecule has 0 saturated carbocycles. The van der Waals surface area contributed by atoms with Crippen LogP contribution in [0.15, 0.2) is 143 Å². The summed E-state index contributed by atoms with van der Waals surface area (Å²) < 4.78 is 32.8. The number of aromatic nitrogens is 2. The number of nitrogens with zero attached hydrogens (tertiary/aromatic N) is 2. The fourth-order valence-electron chi connectivity index (χ4n) is 6.85. The molecule has 9 rings (SSSR count). The fraction of sp³-hybridized carbons (Fsp3) is 0. The van der Waals surface area contributed by atoms with E-state index >= 15 is 0 Å². The Morgan fingerprint density at radius 2 is 0.953 bits per heavy atom. The number of carbonyl (C=O) groups excluding carboxylic acids is 1. The maximum Gasteiger partial charge on any atom is 0.208 e. The van der Waals surface area contributed by atoms with Gasteiger partial charge in [0.25, 0.3) is 0 Å². The van der Waals surface area contributed by atoms with Gasteiger partial charge in [-0.2, -0.15) is 0 Å². The predicted octanol–water partition coefficient (Wildman–Crippen LogP) is 8.26. The zero-order chi connectivity index (χ0) is 28.9. The molecule has 2 aromatic heterocycles. The minimum Gasteiger partial charge on any atom is -0.309 e. The molecule has 0 spiro atoms. The quantitative estimate of drug-likeness (QED) is 0.209. The molecule has 8 aromatic rings. The Labute approximate surface area is 246 Å². The Morgan fingerprint density at radius 3 is 1.49 bits per heavy atom. The second-order valence-corrected chi connectivity index (χ2v) is 12.8. The number of rotatable bonds is 2. The third-order valence-electron chi connectivity index (χ3n) is 8.68. The Balaban J connectivity index is 1.30. The van der Waals surface area contributed by atoms with Crippen molar-refractivity contribution < 1.29 is 13.2 Å². The lowest BCUT2D eigenvalue weighted by atomic mass is 10.00. The number of fused-ring (bicyclic) bond motifs is 8. The van der Waals surface area contributed by atoms with E-state index in [4.69, 9.17) is 0 Å². The number of hydrogen-bond donors (Lipinski definition) is 0. The Bertz CT molecular complexity index is 2490. The number of para-hydroxylation sites is 4. The molecule has 0 saturated heterocycles. The van der Waals surface area contributed by atoms with Gasteiger partial charge in [0.05, 0.1) is 43.1 Å². The third-order valence-corrected chi connectivity index (χ3v) is 10.5. The summed E-state index contributed by atoms with van der Waals surface area (Å²) in [7, 11) is -4.02. The summed E-state index contributed by atoms with van der Waals surface area (Å²) >= 11 is 0. The van der Waals surface area contributed by atoms with Gasteiger partial charge in [-0.25, -0.2) is 8.42 Å². The maximum atomic E-state index is 14.4. The number of sulfone groups is 1. The summed E-state index contributed by atoms with van der Waals surface area (Å²) in [5.41, 5.74) is 5.39. The van der Waals surface area contributed by atoms with Crippen molar-refractivity contribution in [3.05, 3.63) is 145 Å². The zero-order valence-electron chi connectivity index (χ0n) is 22.7. The molecule has 43 heavy (non-hydrogen) atoms. The van der Waals surface area contributed by atoms with Crippen molar-refractivity contribution in [1.29, 1.82) is 0 Å². The van der Waals surface area contributed by atoms with E-state index in [0.29, 0.717) is 11.4 Å². The van der Waals surface area contributed by atoms with Crippen molar-refractivity contribution in [2.45, 2.75) is 9.79 Å². The highest BCUT2D eigenvalue weighted by molar-refractivity contribution is 7.91. The van der Waals surface area contributed by atoms with Crippen LogP contribution in [0.3, 0.4) is 0 Å². The molecule has 0 bridgehead atoms. The molecule has 0 unspecified atom stereocenters. The first kappa shape index (κ1) is 24.2. The van der Waals surface area contributed by atoms with Gasteiger partial charge in [-0.1, -0.05) is 78.9 Å². The van der Waals surface area contributed by atoms with Crippen LogP contribution in [0.4, 0.5) is 0 Å². The highest BCUT2D eigenvalue weighted by Crippen LogP contribution is 2.42. The van der Waals surface area contributed by atoms with Crippen molar-refractivity contribution in [3.8, 4) is 11.4 Å². The Morgan fingerprint density at radius 1 is 0.465 bits per heavy atom. The van der Waals surface area contributed by atoms with E-state index in [1.807, 2.05) is 102 Å². The molecular formula is C37H22N2O3S. The van der Waals surface area contributed by atoms with Gasteiger partial charge in [0.1, 0.15) is 0 Å². The maximum absolute atomic E-state index is 14.4. The molecule has 0 atom stereocenters. The fourth-order valence-corrected chi connectivity index (χ4v) is 8.54. The van der Waals surface area contributed by atoms with E-state index < -0.39 is 9.84 Å². The topological polar surface area (TPSA) is 61.1 Å². The number of carbonyl (C=O) groups is 1. The summed E-state index contributed by atoms with van der Waals surface area (Å²) in [6.45, 7) is 0. The number of hydrogen-bond acceptors (Lipinski definition) is 3. The van der Waals surface area contributed by atoms with Gasteiger partial charge in [-0.05, 0) is 54.6 Å². The van der Waals surface area contributed by atoms with Gasteiger partial charge in [0.2, 0.25) is 9.84 Å². The lowest BCUT2D eigenvalue weighted by molar-refractivity contribution is 0.103. The van der Waals surface area contributed by atoms with E-state index in [1.165, 1.54) is 0 Å². The molecule has 1 aliphatic heterocycles. The molecule has 1 aliphatic rings. The highest BCUT2D eigenvalue weighted by Gasteiger charge is 2.37. The SMILES string of the molecule is O=C1c2ccc(-n3c4ccccc4c4ccccc43)cc2S(=O)(=O)c2cccc(-n3c4ccccc4c4ccccc43)c21. The van der Waals surface area contributed by atoms with Gasteiger partial charge in [0.15, 0.2) is 5.78 Å². The molecule has 0 radical (unpaired) electrons. The molecule has 0 fully saturated rings. The average Bonchev–Trinajstić information content (AvgIpc) is 3.56. The standard InChI is InChI=1S/C37H22N2O3S/c40-37-28-21-20-23(38-29-14-5-1-10-24(29)25-11-2-6-15-30(25)38)22-35(28)43(41,42)34-19-9-18-33(36(34)37)39-31-16-7-3-12-26(31)27-13-4-8-17-32(27)39/h1-22H. The number of ketones is 1. The summed E-state index contributed by atoms with van der Waals surface area (Å²) in [6.07, 6.45) is 0. The monoisotopic (exact) mass is 574 g/mol. The van der Waals surface area contributed by atoms with E-state index in [2.05, 4.69) is 16.7 Å². The average molecular weight is 575 g/mol. The van der Waals surface area contributed by atoms with Crippen LogP contribution in [0.2, 0.25) is 0 Å². The van der Waals surface area contributed by atoms with Gasteiger partial charge in [-0.3, -0.25) is 4.79 Å². The normalized spacial score (nSPS) is 14.0. The van der Waals surface area contributed by atoms with E-state index in [-0.39, 0.29) is 26.7 Å². The summed E-state index contributed by atoms with van der Waals surface area (Å²) in [5, 5.41) is 4.24. The van der Waals surface area contributed by atoms with Crippen LogP contribution in [0.5, 0.6) is 0 Å². The predicted molar refractivity (Wildman–Crippen MR) is 170 cm³/mol. The van der Waals surface area contributed by atoms with Crippen molar-refractivity contribution in [1.82, 2.24) is 9.13 Å². The van der Waals surface area contributed by atoms with Gasteiger partial charge >= 0.3 is 0 Å². The highest BCUT2D eigenvalue weighted by atomic mass is 32.2. The molecule has 0 N–H and O–H groups in total. The van der Waals surface area contributed by atoms with Crippen LogP contribution >= 0.6 is 0 Å². The zero-order valence-corrected chi connectivity index (χ0v) is 23.5. The van der Waals surface area contributed by atoms with Crippen molar-refractivity contribution in [2.24, 2.45) is 0 Å². The Hall–Kier alpha value is -5.46. The lowest BCUT2D eigenvalue weighted by Crippen LogP contribution is -2.22. The third kappa shape index (κ3) is 3.16. The van der Waals surface area contributed by atoms with Crippen molar-refractivity contribution in [2.75, 3.05) is 0 Å². The van der Waals surface area contributed by atoms with Crippen LogP contribution in [0, 0.1) is 0 Å². The molecule has 6 heteroatoms. The van der Waals surface area contributed by atoms with Crippen LogP contribution in [0.1, 0.15) is 15.9 Å². The van der Waals surface area contributed by atoms with E-state index in [1.54, 1.807) is 24.3 Å². The summed E-state index contributed by atoms with van der Waals surface area (Å²) in [6, 6.07) is 42.4. The molecule has 5 nitrogen and oxygen atoms in total. The van der Waals surface area contributed by atoms with Crippen molar-refractivity contribution >= 4 is 59.2 Å². The van der Waals surface area contributed by atoms with Gasteiger partial charge in [-0.15, -0.1) is 0 Å². The molecule has 6 aromatic carbocycles. The first-order valence-corrected chi connectivity index (χ1v) is 15.6. The summed E-state index contributed by atoms with van der Waals surface area (Å²) in [5.74, 6) is -0.300. The molecule has 204 valence electrons. The second kappa shape index (κ2) is 8.53. The number of benzene rings is 6. The van der Waals surface area contributed by atoms with E-state index in [0.717, 1.165) is 43.6 Å². The van der Waals surface area contributed by atoms with Crippen LogP contribution in [0.25, 0.3) is 55.0 Å². The van der Waals surface area contributed by atoms with Gasteiger partial charge < -0.3 is 9.13 Å². The first-order valence-electron chi connectivity index (χ1n) is 14.1. The lowest BCUT2D eigenvalue weighted by Gasteiger charge is -2.23. The smallest absolute Gasteiger partial charge is 0.208 e. The second-order valence-electron chi connectivity index (χ2n) is 10.9. The molecule has 0 aliphatic carbocycles. The molecule has 3 heterocycles. The molecule has 0 amide bonds. The first-order chi connectivity index (χ1) is 21.0. The minimum atomic E-state index is -4.02. The van der Waals surface area contributed by atoms with Crippen LogP contribution < -0.4 is 0 Å². The Kier molecular flexibility index (Phi) is 4.80. The van der Waals surface area contributed by atoms with Crippen LogP contribution in [-0.4, -0.2) is 23.3 Å². The van der Waals surface area contributed by atoms with Crippen LogP contribution in [-0.2, 0) is 9.84 Å². The van der Waals surface area contributed by atoms with Crippen molar-refractivity contribution in [3.63, 3.8) is 0 Å². The van der Waals surface area contributed by atoms with E-state index in [9.17, 15) is 13.2 Å². The molecular weight excluding hydrogens is 552 g/mol. The summed E-state index contributed by atoms with van der Waals surface area (Å²) in [4.78, 5) is 14.4. The minimum absolute atomic E-state index is 0.0312.